The summed E-state index contributed by atoms with van der Waals surface area (Å²) in [6.07, 6.45) is 0. The quantitative estimate of drug-likeness (QED) is 0.724. The first kappa shape index (κ1) is 18.7. The Morgan fingerprint density at radius 2 is 1.68 bits per heavy atom. The second kappa shape index (κ2) is 8.98. The summed E-state index contributed by atoms with van der Waals surface area (Å²) in [5.74, 6) is -1.51. The molecule has 0 aliphatic carbocycles. The number of carbonyl (C=O) groups is 3. The number of nitrogens with one attached hydrogen (secondary N) is 2. The lowest BCUT2D eigenvalue weighted by atomic mass is 10.1. The molecule has 2 amide bonds. The Hall–Kier alpha value is -2.67. The minimum Gasteiger partial charge on any atom is -0.452 e. The minimum absolute atomic E-state index is 0.220. The van der Waals surface area contributed by atoms with Crippen molar-refractivity contribution >= 4 is 39.4 Å². The molecule has 0 radical (unpaired) electrons. The van der Waals surface area contributed by atoms with Crippen LogP contribution in [0.4, 0.5) is 5.69 Å². The maximum absolute atomic E-state index is 11.9. The monoisotopic (exact) mass is 404 g/mol. The van der Waals surface area contributed by atoms with Gasteiger partial charge in [-0.25, -0.2) is 4.79 Å². The van der Waals surface area contributed by atoms with Crippen molar-refractivity contribution in [2.45, 2.75) is 6.92 Å². The average Bonchev–Trinajstić information content (AvgIpc) is 2.60. The molecule has 2 N–H and O–H groups in total. The van der Waals surface area contributed by atoms with Gasteiger partial charge in [-0.1, -0.05) is 30.3 Å². The summed E-state index contributed by atoms with van der Waals surface area (Å²) in [6, 6.07) is 14.1. The predicted molar refractivity (Wildman–Crippen MR) is 97.2 cm³/mol. The molecule has 0 bridgehead atoms. The van der Waals surface area contributed by atoms with Crippen molar-refractivity contribution < 1.29 is 19.1 Å². The number of hydrogen-bond donors (Lipinski definition) is 2. The largest absolute Gasteiger partial charge is 0.452 e. The highest BCUT2D eigenvalue weighted by Gasteiger charge is 2.13. The molecule has 0 aliphatic heterocycles. The summed E-state index contributed by atoms with van der Waals surface area (Å²) in [6.45, 7) is 1.11. The second-order valence-corrected chi connectivity index (χ2v) is 6.05. The fourth-order valence-corrected chi connectivity index (χ4v) is 2.38. The number of benzene rings is 2. The van der Waals surface area contributed by atoms with Crippen LogP contribution in [0.5, 0.6) is 0 Å². The van der Waals surface area contributed by atoms with Crippen LogP contribution in [0.25, 0.3) is 0 Å². The predicted octanol–water partition coefficient (Wildman–Crippen LogP) is 2.67. The molecule has 130 valence electrons. The Labute approximate surface area is 153 Å². The minimum atomic E-state index is -0.578. The van der Waals surface area contributed by atoms with Gasteiger partial charge in [-0.3, -0.25) is 9.59 Å². The molecule has 6 nitrogen and oxygen atoms in total. The van der Waals surface area contributed by atoms with Gasteiger partial charge >= 0.3 is 5.97 Å². The van der Waals surface area contributed by atoms with E-state index >= 15 is 0 Å². The lowest BCUT2D eigenvalue weighted by Crippen LogP contribution is -2.35. The Balaban J connectivity index is 1.75. The average molecular weight is 405 g/mol. The highest BCUT2D eigenvalue weighted by molar-refractivity contribution is 9.10. The summed E-state index contributed by atoms with van der Waals surface area (Å²) in [5.41, 5.74) is 1.77. The van der Waals surface area contributed by atoms with Gasteiger partial charge in [0.1, 0.15) is 0 Å². The van der Waals surface area contributed by atoms with E-state index in [4.69, 9.17) is 4.74 Å². The molecule has 0 saturated carbocycles. The van der Waals surface area contributed by atoms with Crippen LogP contribution in [0.2, 0.25) is 0 Å². The molecule has 0 aliphatic rings. The van der Waals surface area contributed by atoms with Crippen LogP contribution in [0.3, 0.4) is 0 Å². The van der Waals surface area contributed by atoms with E-state index in [1.54, 1.807) is 43.3 Å². The van der Waals surface area contributed by atoms with Gasteiger partial charge < -0.3 is 15.4 Å². The van der Waals surface area contributed by atoms with Gasteiger partial charge in [-0.05, 0) is 46.6 Å². The topological polar surface area (TPSA) is 84.5 Å². The second-order valence-electron chi connectivity index (χ2n) is 5.20. The normalized spacial score (nSPS) is 10.0. The SMILES string of the molecule is Cc1ccccc1C(=O)OCC(=O)NCC(=O)Nc1ccccc1Br. The smallest absolute Gasteiger partial charge is 0.338 e. The van der Waals surface area contributed by atoms with E-state index in [-0.39, 0.29) is 12.5 Å². The summed E-state index contributed by atoms with van der Waals surface area (Å²) in [5, 5.41) is 5.06. The van der Waals surface area contributed by atoms with E-state index in [9.17, 15) is 14.4 Å². The zero-order valence-corrected chi connectivity index (χ0v) is 15.1. The number of halogens is 1. The highest BCUT2D eigenvalue weighted by Crippen LogP contribution is 2.20. The van der Waals surface area contributed by atoms with Crippen molar-refractivity contribution in [1.29, 1.82) is 0 Å². The first-order valence-electron chi connectivity index (χ1n) is 7.51. The van der Waals surface area contributed by atoms with Gasteiger partial charge in [0.15, 0.2) is 6.61 Å². The van der Waals surface area contributed by atoms with Crippen molar-refractivity contribution in [3.8, 4) is 0 Å². The summed E-state index contributed by atoms with van der Waals surface area (Å²) < 4.78 is 5.69. The number of carbonyl (C=O) groups excluding carboxylic acids is 3. The van der Waals surface area contributed by atoms with E-state index in [1.165, 1.54) is 0 Å². The molecule has 7 heteroatoms. The van der Waals surface area contributed by atoms with Crippen LogP contribution in [-0.4, -0.2) is 30.9 Å². The third-order valence-corrected chi connectivity index (χ3v) is 3.98. The Morgan fingerprint density at radius 3 is 2.40 bits per heavy atom. The van der Waals surface area contributed by atoms with Crippen LogP contribution < -0.4 is 10.6 Å². The molecule has 0 heterocycles. The molecule has 0 atom stereocenters. The Bertz CT molecular complexity index is 792. The van der Waals surface area contributed by atoms with E-state index in [1.807, 2.05) is 12.1 Å². The molecule has 0 fully saturated rings. The number of ether oxygens (including phenoxy) is 1. The number of hydrogen-bond acceptors (Lipinski definition) is 4. The lowest BCUT2D eigenvalue weighted by Gasteiger charge is -2.09. The standard InChI is InChI=1S/C18H17BrN2O4/c1-12-6-2-3-7-13(12)18(24)25-11-17(23)20-10-16(22)21-15-9-5-4-8-14(15)19/h2-9H,10-11H2,1H3,(H,20,23)(H,21,22). The van der Waals surface area contributed by atoms with Crippen LogP contribution in [0, 0.1) is 6.92 Å². The fraction of sp³-hybridized carbons (Fsp3) is 0.167. The number of aryl methyl sites for hydroxylation is 1. The van der Waals surface area contributed by atoms with Crippen molar-refractivity contribution in [1.82, 2.24) is 5.32 Å². The van der Waals surface area contributed by atoms with E-state index in [2.05, 4.69) is 26.6 Å². The number of anilines is 1. The molecular formula is C18H17BrN2O4. The first-order valence-corrected chi connectivity index (χ1v) is 8.30. The molecule has 2 rings (SSSR count). The van der Waals surface area contributed by atoms with Crippen molar-refractivity contribution in [3.63, 3.8) is 0 Å². The molecule has 0 unspecified atom stereocenters. The molecule has 0 saturated heterocycles. The van der Waals surface area contributed by atoms with Crippen LogP contribution in [0.15, 0.2) is 53.0 Å². The summed E-state index contributed by atoms with van der Waals surface area (Å²) in [7, 11) is 0. The zero-order valence-electron chi connectivity index (χ0n) is 13.5. The maximum atomic E-state index is 11.9. The Kier molecular flexibility index (Phi) is 6.71. The van der Waals surface area contributed by atoms with Gasteiger partial charge in [-0.2, -0.15) is 0 Å². The lowest BCUT2D eigenvalue weighted by molar-refractivity contribution is -0.126. The number of amides is 2. The molecule has 2 aromatic rings. The molecule has 2 aromatic carbocycles. The van der Waals surface area contributed by atoms with Crippen molar-refractivity contribution in [2.75, 3.05) is 18.5 Å². The number of para-hydroxylation sites is 1. The number of rotatable bonds is 6. The molecular weight excluding hydrogens is 388 g/mol. The zero-order chi connectivity index (χ0) is 18.2. The first-order chi connectivity index (χ1) is 12.0. The highest BCUT2D eigenvalue weighted by atomic mass is 79.9. The molecule has 0 spiro atoms. The van der Waals surface area contributed by atoms with Gasteiger partial charge in [-0.15, -0.1) is 0 Å². The van der Waals surface area contributed by atoms with Crippen molar-refractivity contribution in [2.24, 2.45) is 0 Å². The molecule has 0 aromatic heterocycles. The third-order valence-electron chi connectivity index (χ3n) is 3.29. The van der Waals surface area contributed by atoms with Crippen LogP contribution in [-0.2, 0) is 14.3 Å². The van der Waals surface area contributed by atoms with Gasteiger partial charge in [0.25, 0.3) is 5.91 Å². The van der Waals surface area contributed by atoms with E-state index in [0.29, 0.717) is 11.3 Å². The van der Waals surface area contributed by atoms with Gasteiger partial charge in [0.05, 0.1) is 17.8 Å². The van der Waals surface area contributed by atoms with Gasteiger partial charge in [0.2, 0.25) is 5.91 Å². The fourth-order valence-electron chi connectivity index (χ4n) is 2.00. The van der Waals surface area contributed by atoms with E-state index < -0.39 is 18.5 Å². The third kappa shape index (κ3) is 5.72. The molecule has 25 heavy (non-hydrogen) atoms. The van der Waals surface area contributed by atoms with Crippen LogP contribution in [0.1, 0.15) is 15.9 Å². The van der Waals surface area contributed by atoms with Gasteiger partial charge in [0, 0.05) is 4.47 Å². The summed E-state index contributed by atoms with van der Waals surface area (Å²) >= 11 is 3.31. The van der Waals surface area contributed by atoms with Crippen LogP contribution >= 0.6 is 15.9 Å². The van der Waals surface area contributed by atoms with Crippen molar-refractivity contribution in [3.05, 3.63) is 64.1 Å². The number of esters is 1. The maximum Gasteiger partial charge on any atom is 0.338 e. The van der Waals surface area contributed by atoms with E-state index in [0.717, 1.165) is 10.0 Å². The Morgan fingerprint density at radius 1 is 1.00 bits per heavy atom. The summed E-state index contributed by atoms with van der Waals surface area (Å²) in [4.78, 5) is 35.4.